The van der Waals surface area contributed by atoms with E-state index in [-0.39, 0.29) is 12.5 Å². The van der Waals surface area contributed by atoms with E-state index in [2.05, 4.69) is 5.32 Å². The normalized spacial score (nSPS) is 12.7. The molecule has 0 saturated carbocycles. The molecule has 0 saturated heterocycles. The summed E-state index contributed by atoms with van der Waals surface area (Å²) in [6.07, 6.45) is -0.563. The molecule has 0 spiro atoms. The number of fused-ring (bicyclic) bond motifs is 1. The Morgan fingerprint density at radius 2 is 2.28 bits per heavy atom. The lowest BCUT2D eigenvalue weighted by molar-refractivity contribution is 0.0916. The van der Waals surface area contributed by atoms with Crippen molar-refractivity contribution in [2.75, 3.05) is 6.54 Å². The van der Waals surface area contributed by atoms with Gasteiger partial charge in [0, 0.05) is 29.5 Å². The first-order valence-electron chi connectivity index (χ1n) is 5.71. The number of nitrogens with zero attached hydrogens (tertiary/aromatic N) is 1. The molecule has 1 amide bonds. The van der Waals surface area contributed by atoms with E-state index in [0.717, 1.165) is 10.9 Å². The van der Waals surface area contributed by atoms with Gasteiger partial charge in [-0.3, -0.25) is 4.79 Å². The van der Waals surface area contributed by atoms with Crippen molar-refractivity contribution in [3.05, 3.63) is 35.0 Å². The highest BCUT2D eigenvalue weighted by atomic mass is 35.5. The molecule has 4 nitrogen and oxygen atoms in total. The van der Waals surface area contributed by atoms with Crippen LogP contribution in [0.1, 0.15) is 17.4 Å². The Labute approximate surface area is 110 Å². The molecular formula is C13H15ClN2O2. The van der Waals surface area contributed by atoms with Crippen molar-refractivity contribution in [2.45, 2.75) is 13.0 Å². The van der Waals surface area contributed by atoms with Crippen LogP contribution in [0.2, 0.25) is 5.02 Å². The van der Waals surface area contributed by atoms with Crippen molar-refractivity contribution >= 4 is 28.4 Å². The molecule has 1 aromatic heterocycles. The van der Waals surface area contributed by atoms with Crippen molar-refractivity contribution in [1.82, 2.24) is 9.88 Å². The summed E-state index contributed by atoms with van der Waals surface area (Å²) in [4.78, 5) is 12.0. The number of hydrogen-bond acceptors (Lipinski definition) is 2. The van der Waals surface area contributed by atoms with Crippen LogP contribution >= 0.6 is 11.6 Å². The smallest absolute Gasteiger partial charge is 0.268 e. The molecule has 1 atom stereocenters. The van der Waals surface area contributed by atoms with Gasteiger partial charge in [0.1, 0.15) is 5.69 Å². The molecule has 1 unspecified atom stereocenters. The maximum atomic E-state index is 12.0. The van der Waals surface area contributed by atoms with Gasteiger partial charge >= 0.3 is 0 Å². The zero-order chi connectivity index (χ0) is 13.3. The molecule has 96 valence electrons. The molecule has 0 aliphatic heterocycles. The first-order chi connectivity index (χ1) is 8.50. The molecule has 0 radical (unpaired) electrons. The number of halogens is 1. The van der Waals surface area contributed by atoms with Gasteiger partial charge in [0.25, 0.3) is 5.91 Å². The van der Waals surface area contributed by atoms with E-state index in [1.54, 1.807) is 23.6 Å². The third kappa shape index (κ3) is 2.35. The number of aromatic nitrogens is 1. The quantitative estimate of drug-likeness (QED) is 0.892. The second-order valence-corrected chi connectivity index (χ2v) is 4.73. The van der Waals surface area contributed by atoms with Crippen LogP contribution in [0, 0.1) is 0 Å². The maximum absolute atomic E-state index is 12.0. The van der Waals surface area contributed by atoms with Crippen molar-refractivity contribution in [1.29, 1.82) is 0 Å². The van der Waals surface area contributed by atoms with E-state index < -0.39 is 6.10 Å². The van der Waals surface area contributed by atoms with E-state index in [1.807, 2.05) is 19.2 Å². The minimum Gasteiger partial charge on any atom is -0.392 e. The number of hydrogen-bond donors (Lipinski definition) is 2. The van der Waals surface area contributed by atoms with Crippen molar-refractivity contribution in [3.63, 3.8) is 0 Å². The lowest BCUT2D eigenvalue weighted by Gasteiger charge is -2.07. The summed E-state index contributed by atoms with van der Waals surface area (Å²) in [6, 6.07) is 7.31. The Morgan fingerprint density at radius 3 is 2.89 bits per heavy atom. The van der Waals surface area contributed by atoms with Crippen LogP contribution in [0.4, 0.5) is 0 Å². The summed E-state index contributed by atoms with van der Waals surface area (Å²) in [6.45, 7) is 1.85. The number of carbonyl (C=O) groups is 1. The third-order valence-electron chi connectivity index (χ3n) is 2.82. The number of amides is 1. The minimum absolute atomic E-state index is 0.217. The van der Waals surface area contributed by atoms with Gasteiger partial charge < -0.3 is 15.0 Å². The Bertz CT molecular complexity index is 590. The van der Waals surface area contributed by atoms with E-state index in [9.17, 15) is 4.79 Å². The molecule has 1 aromatic carbocycles. The fourth-order valence-corrected chi connectivity index (χ4v) is 2.10. The molecule has 2 rings (SSSR count). The lowest BCUT2D eigenvalue weighted by Crippen LogP contribution is -2.31. The highest BCUT2D eigenvalue weighted by molar-refractivity contribution is 6.35. The topological polar surface area (TPSA) is 54.3 Å². The van der Waals surface area contributed by atoms with Gasteiger partial charge in [0.2, 0.25) is 0 Å². The summed E-state index contributed by atoms with van der Waals surface area (Å²) >= 11 is 6.09. The SMILES string of the molecule is CC(O)CNC(=O)c1cc2c(Cl)cccc2n1C. The van der Waals surface area contributed by atoms with Gasteiger partial charge in [-0.25, -0.2) is 0 Å². The molecular weight excluding hydrogens is 252 g/mol. The Morgan fingerprint density at radius 1 is 1.56 bits per heavy atom. The Kier molecular flexibility index (Phi) is 3.59. The predicted octanol–water partition coefficient (Wildman–Crippen LogP) is 1.94. The molecule has 1 heterocycles. The molecule has 0 fully saturated rings. The molecule has 0 aliphatic carbocycles. The van der Waals surface area contributed by atoms with Crippen LogP contribution in [0.5, 0.6) is 0 Å². The highest BCUT2D eigenvalue weighted by Crippen LogP contribution is 2.26. The van der Waals surface area contributed by atoms with Crippen LogP contribution in [-0.4, -0.2) is 28.2 Å². The summed E-state index contributed by atoms with van der Waals surface area (Å²) < 4.78 is 1.79. The second kappa shape index (κ2) is 5.00. The maximum Gasteiger partial charge on any atom is 0.268 e. The fourth-order valence-electron chi connectivity index (χ4n) is 1.87. The van der Waals surface area contributed by atoms with E-state index >= 15 is 0 Å². The predicted molar refractivity (Wildman–Crippen MR) is 71.9 cm³/mol. The van der Waals surface area contributed by atoms with E-state index in [1.165, 1.54) is 0 Å². The van der Waals surface area contributed by atoms with Crippen LogP contribution in [0.25, 0.3) is 10.9 Å². The molecule has 2 aromatic rings. The van der Waals surface area contributed by atoms with Crippen LogP contribution < -0.4 is 5.32 Å². The van der Waals surface area contributed by atoms with Crippen molar-refractivity contribution in [2.24, 2.45) is 7.05 Å². The number of carbonyl (C=O) groups excluding carboxylic acids is 1. The average molecular weight is 267 g/mol. The number of aryl methyl sites for hydroxylation is 1. The largest absolute Gasteiger partial charge is 0.392 e. The minimum atomic E-state index is -0.563. The number of aliphatic hydroxyl groups excluding tert-OH is 1. The summed E-state index contributed by atoms with van der Waals surface area (Å²) in [7, 11) is 1.82. The zero-order valence-electron chi connectivity index (χ0n) is 10.3. The van der Waals surface area contributed by atoms with Gasteiger partial charge in [0.15, 0.2) is 0 Å². The van der Waals surface area contributed by atoms with Crippen molar-refractivity contribution in [3.8, 4) is 0 Å². The van der Waals surface area contributed by atoms with Crippen LogP contribution in [0.15, 0.2) is 24.3 Å². The second-order valence-electron chi connectivity index (χ2n) is 4.32. The Hall–Kier alpha value is -1.52. The van der Waals surface area contributed by atoms with E-state index in [4.69, 9.17) is 16.7 Å². The third-order valence-corrected chi connectivity index (χ3v) is 3.15. The molecule has 18 heavy (non-hydrogen) atoms. The van der Waals surface area contributed by atoms with Gasteiger partial charge in [-0.2, -0.15) is 0 Å². The van der Waals surface area contributed by atoms with Gasteiger partial charge in [-0.1, -0.05) is 17.7 Å². The summed E-state index contributed by atoms with van der Waals surface area (Å²) in [5.74, 6) is -0.217. The number of nitrogens with one attached hydrogen (secondary N) is 1. The average Bonchev–Trinajstić information content (AvgIpc) is 2.66. The van der Waals surface area contributed by atoms with Gasteiger partial charge in [-0.15, -0.1) is 0 Å². The molecule has 0 bridgehead atoms. The first kappa shape index (κ1) is 12.9. The number of rotatable bonds is 3. The standard InChI is InChI=1S/C13H15ClN2O2/c1-8(17)7-15-13(18)12-6-9-10(14)4-3-5-11(9)16(12)2/h3-6,8,17H,7H2,1-2H3,(H,15,18). The molecule has 2 N–H and O–H groups in total. The summed E-state index contributed by atoms with van der Waals surface area (Å²) in [5, 5.41) is 13.3. The van der Waals surface area contributed by atoms with Gasteiger partial charge in [-0.05, 0) is 25.1 Å². The Balaban J connectivity index is 2.37. The van der Waals surface area contributed by atoms with E-state index in [0.29, 0.717) is 10.7 Å². The van der Waals surface area contributed by atoms with Crippen molar-refractivity contribution < 1.29 is 9.90 Å². The number of aliphatic hydroxyl groups is 1. The van der Waals surface area contributed by atoms with Crippen LogP contribution in [-0.2, 0) is 7.05 Å². The lowest BCUT2D eigenvalue weighted by atomic mass is 10.2. The molecule has 5 heteroatoms. The van der Waals surface area contributed by atoms with Crippen LogP contribution in [0.3, 0.4) is 0 Å². The summed E-state index contributed by atoms with van der Waals surface area (Å²) in [5.41, 5.74) is 1.43. The zero-order valence-corrected chi connectivity index (χ0v) is 11.0. The fraction of sp³-hybridized carbons (Fsp3) is 0.308. The highest BCUT2D eigenvalue weighted by Gasteiger charge is 2.14. The van der Waals surface area contributed by atoms with Gasteiger partial charge in [0.05, 0.1) is 6.10 Å². The first-order valence-corrected chi connectivity index (χ1v) is 6.08. The monoisotopic (exact) mass is 266 g/mol. The molecule has 0 aliphatic rings. The number of benzene rings is 1.